The van der Waals surface area contributed by atoms with E-state index < -0.39 is 0 Å². The van der Waals surface area contributed by atoms with Crippen molar-refractivity contribution < 1.29 is 4.39 Å². The second kappa shape index (κ2) is 5.88. The lowest BCUT2D eigenvalue weighted by molar-refractivity contribution is 0.623. The van der Waals surface area contributed by atoms with Gasteiger partial charge in [0.1, 0.15) is 5.82 Å². The summed E-state index contributed by atoms with van der Waals surface area (Å²) >= 11 is 0. The highest BCUT2D eigenvalue weighted by molar-refractivity contribution is 5.40. The molecule has 0 spiro atoms. The monoisotopic (exact) mass is 267 g/mol. The van der Waals surface area contributed by atoms with E-state index in [0.717, 1.165) is 5.56 Å². The SMILES string of the molecule is Cc1cc(C)c(CC(C#N)c2cccc(F)c2)c(C)c1. The Bertz CT molecular complexity index is 644. The van der Waals surface area contributed by atoms with Crippen molar-refractivity contribution in [2.24, 2.45) is 0 Å². The third kappa shape index (κ3) is 3.05. The molecule has 0 saturated carbocycles. The summed E-state index contributed by atoms with van der Waals surface area (Å²) in [7, 11) is 0. The maximum Gasteiger partial charge on any atom is 0.123 e. The van der Waals surface area contributed by atoms with Gasteiger partial charge in [-0.1, -0.05) is 29.8 Å². The Kier molecular flexibility index (Phi) is 4.20. The minimum atomic E-state index is -0.314. The molecule has 1 unspecified atom stereocenters. The molecule has 0 aliphatic rings. The normalized spacial score (nSPS) is 11.9. The molecule has 0 saturated heterocycles. The van der Waals surface area contributed by atoms with Crippen molar-refractivity contribution in [2.75, 3.05) is 0 Å². The smallest absolute Gasteiger partial charge is 0.123 e. The Morgan fingerprint density at radius 1 is 1.10 bits per heavy atom. The van der Waals surface area contributed by atoms with Gasteiger partial charge in [0.15, 0.2) is 0 Å². The van der Waals surface area contributed by atoms with Crippen LogP contribution in [0.1, 0.15) is 33.7 Å². The molecule has 1 nitrogen and oxygen atoms in total. The molecular formula is C18H18FN. The van der Waals surface area contributed by atoms with Gasteiger partial charge in [0, 0.05) is 0 Å². The molecule has 0 radical (unpaired) electrons. The number of rotatable bonds is 3. The molecule has 0 N–H and O–H groups in total. The largest absolute Gasteiger partial charge is 0.207 e. The first kappa shape index (κ1) is 14.3. The summed E-state index contributed by atoms with van der Waals surface area (Å²) < 4.78 is 13.3. The number of nitrogens with zero attached hydrogens (tertiary/aromatic N) is 1. The molecule has 2 heteroatoms. The minimum absolute atomic E-state index is 0.292. The van der Waals surface area contributed by atoms with Crippen LogP contribution in [0, 0.1) is 37.9 Å². The number of benzene rings is 2. The number of halogens is 1. The van der Waals surface area contributed by atoms with E-state index in [2.05, 4.69) is 39.0 Å². The van der Waals surface area contributed by atoms with Crippen LogP contribution in [0.4, 0.5) is 4.39 Å². The molecule has 0 aromatic heterocycles. The van der Waals surface area contributed by atoms with Gasteiger partial charge in [-0.3, -0.25) is 0 Å². The zero-order chi connectivity index (χ0) is 14.7. The van der Waals surface area contributed by atoms with Gasteiger partial charge in [0.05, 0.1) is 12.0 Å². The Morgan fingerprint density at radius 2 is 1.75 bits per heavy atom. The van der Waals surface area contributed by atoms with Crippen LogP contribution in [-0.4, -0.2) is 0 Å². The van der Waals surface area contributed by atoms with Crippen LogP contribution >= 0.6 is 0 Å². The Hall–Kier alpha value is -2.14. The third-order valence-corrected chi connectivity index (χ3v) is 3.66. The topological polar surface area (TPSA) is 23.8 Å². The van der Waals surface area contributed by atoms with Crippen molar-refractivity contribution in [1.82, 2.24) is 0 Å². The van der Waals surface area contributed by atoms with E-state index in [1.54, 1.807) is 6.07 Å². The standard InChI is InChI=1S/C18H18FN/c1-12-7-13(2)18(14(3)8-12)10-16(11-20)15-5-4-6-17(19)9-15/h4-9,16H,10H2,1-3H3. The van der Waals surface area contributed by atoms with Crippen LogP contribution in [0.3, 0.4) is 0 Å². The fourth-order valence-electron chi connectivity index (χ4n) is 2.70. The molecule has 0 amide bonds. The molecule has 2 rings (SSSR count). The zero-order valence-electron chi connectivity index (χ0n) is 12.1. The maximum absolute atomic E-state index is 13.3. The van der Waals surface area contributed by atoms with E-state index in [9.17, 15) is 9.65 Å². The van der Waals surface area contributed by atoms with E-state index in [1.165, 1.54) is 34.4 Å². The Labute approximate surface area is 119 Å². The van der Waals surface area contributed by atoms with Crippen LogP contribution in [-0.2, 0) is 6.42 Å². The fraction of sp³-hybridized carbons (Fsp3) is 0.278. The summed E-state index contributed by atoms with van der Waals surface area (Å²) in [5.74, 6) is -0.606. The van der Waals surface area contributed by atoms with Gasteiger partial charge < -0.3 is 0 Å². The van der Waals surface area contributed by atoms with Gasteiger partial charge >= 0.3 is 0 Å². The molecule has 102 valence electrons. The van der Waals surface area contributed by atoms with Gasteiger partial charge in [-0.05, 0) is 61.6 Å². The summed E-state index contributed by atoms with van der Waals surface area (Å²) in [4.78, 5) is 0. The van der Waals surface area contributed by atoms with Crippen molar-refractivity contribution in [3.8, 4) is 6.07 Å². The van der Waals surface area contributed by atoms with Crippen molar-refractivity contribution in [3.05, 3.63) is 70.0 Å². The second-order valence-corrected chi connectivity index (χ2v) is 5.32. The maximum atomic E-state index is 13.3. The zero-order valence-corrected chi connectivity index (χ0v) is 12.1. The molecule has 20 heavy (non-hydrogen) atoms. The molecule has 2 aromatic carbocycles. The molecule has 2 aromatic rings. The molecule has 1 atom stereocenters. The molecule has 0 aliphatic heterocycles. The van der Waals surface area contributed by atoms with Crippen LogP contribution in [0.5, 0.6) is 0 Å². The van der Waals surface area contributed by atoms with Crippen molar-refractivity contribution >= 4 is 0 Å². The van der Waals surface area contributed by atoms with E-state index in [-0.39, 0.29) is 11.7 Å². The lowest BCUT2D eigenvalue weighted by atomic mass is 9.88. The first-order valence-electron chi connectivity index (χ1n) is 6.73. The highest BCUT2D eigenvalue weighted by atomic mass is 19.1. The van der Waals surface area contributed by atoms with Crippen LogP contribution < -0.4 is 0 Å². The molecule has 0 bridgehead atoms. The van der Waals surface area contributed by atoms with Crippen molar-refractivity contribution in [1.29, 1.82) is 5.26 Å². The van der Waals surface area contributed by atoms with E-state index in [0.29, 0.717) is 6.42 Å². The lowest BCUT2D eigenvalue weighted by Crippen LogP contribution is -2.04. The average Bonchev–Trinajstić information content (AvgIpc) is 2.38. The van der Waals surface area contributed by atoms with Crippen LogP contribution in [0.25, 0.3) is 0 Å². The van der Waals surface area contributed by atoms with E-state index >= 15 is 0 Å². The summed E-state index contributed by atoms with van der Waals surface area (Å²) in [5, 5.41) is 9.40. The summed E-state index contributed by atoms with van der Waals surface area (Å²) in [5.41, 5.74) is 5.54. The van der Waals surface area contributed by atoms with E-state index in [1.807, 2.05) is 6.07 Å². The number of hydrogen-bond donors (Lipinski definition) is 0. The highest BCUT2D eigenvalue weighted by Gasteiger charge is 2.15. The predicted octanol–water partition coefficient (Wildman–Crippen LogP) is 4.60. The Balaban J connectivity index is 2.35. The molecule has 0 aliphatic carbocycles. The van der Waals surface area contributed by atoms with Crippen molar-refractivity contribution in [3.63, 3.8) is 0 Å². The Morgan fingerprint density at radius 3 is 2.30 bits per heavy atom. The lowest BCUT2D eigenvalue weighted by Gasteiger charge is -2.15. The third-order valence-electron chi connectivity index (χ3n) is 3.66. The summed E-state index contributed by atoms with van der Waals surface area (Å²) in [6.45, 7) is 6.20. The highest BCUT2D eigenvalue weighted by Crippen LogP contribution is 2.25. The second-order valence-electron chi connectivity index (χ2n) is 5.32. The van der Waals surface area contributed by atoms with Gasteiger partial charge in [0.25, 0.3) is 0 Å². The molecular weight excluding hydrogens is 249 g/mol. The molecule has 0 fully saturated rings. The number of hydrogen-bond acceptors (Lipinski definition) is 1. The summed E-state index contributed by atoms with van der Waals surface area (Å²) in [6, 6.07) is 12.9. The minimum Gasteiger partial charge on any atom is -0.207 e. The quantitative estimate of drug-likeness (QED) is 0.797. The fourth-order valence-corrected chi connectivity index (χ4v) is 2.70. The number of aryl methyl sites for hydroxylation is 3. The predicted molar refractivity (Wildman–Crippen MR) is 79.1 cm³/mol. The van der Waals surface area contributed by atoms with E-state index in [4.69, 9.17) is 0 Å². The molecule has 0 heterocycles. The van der Waals surface area contributed by atoms with Gasteiger partial charge in [-0.2, -0.15) is 5.26 Å². The van der Waals surface area contributed by atoms with Crippen molar-refractivity contribution in [2.45, 2.75) is 33.1 Å². The van der Waals surface area contributed by atoms with Crippen LogP contribution in [0.2, 0.25) is 0 Å². The number of nitriles is 1. The average molecular weight is 267 g/mol. The summed E-state index contributed by atoms with van der Waals surface area (Å²) in [6.07, 6.45) is 0.623. The van der Waals surface area contributed by atoms with Gasteiger partial charge in [0.2, 0.25) is 0 Å². The first-order chi connectivity index (χ1) is 9.51. The van der Waals surface area contributed by atoms with Gasteiger partial charge in [-0.15, -0.1) is 0 Å². The first-order valence-corrected chi connectivity index (χ1v) is 6.73. The van der Waals surface area contributed by atoms with Crippen LogP contribution in [0.15, 0.2) is 36.4 Å². The van der Waals surface area contributed by atoms with Gasteiger partial charge in [-0.25, -0.2) is 4.39 Å².